The summed E-state index contributed by atoms with van der Waals surface area (Å²) < 4.78 is 29.8. The monoisotopic (exact) mass is 415 g/mol. The Bertz CT molecular complexity index is 875. The van der Waals surface area contributed by atoms with Crippen molar-refractivity contribution < 1.29 is 22.7 Å². The number of carbonyl (C=O) groups is 2. The SMILES string of the molecule is C=CCNC(=O)[C@H](C)OC(=O)/C=C/c1c(C)nn([C@H]2CCS(=O)(=O)C2)c1Cl. The molecule has 2 heterocycles. The third-order valence-corrected chi connectivity index (χ3v) is 6.22. The molecule has 0 unspecified atom stereocenters. The number of ether oxygens (including phenoxy) is 1. The van der Waals surface area contributed by atoms with Crippen LogP contribution in [0.15, 0.2) is 18.7 Å². The van der Waals surface area contributed by atoms with Crippen LogP contribution in [0, 0.1) is 6.92 Å². The Kier molecular flexibility index (Phi) is 6.83. The van der Waals surface area contributed by atoms with Crippen molar-refractivity contribution in [2.45, 2.75) is 32.4 Å². The van der Waals surface area contributed by atoms with Crippen LogP contribution in [0.4, 0.5) is 0 Å². The Balaban J connectivity index is 2.05. The van der Waals surface area contributed by atoms with Crippen molar-refractivity contribution in [2.75, 3.05) is 18.1 Å². The minimum Gasteiger partial charge on any atom is -0.449 e. The van der Waals surface area contributed by atoms with Crippen LogP contribution in [-0.2, 0) is 24.2 Å². The molecule has 2 rings (SSSR count). The largest absolute Gasteiger partial charge is 0.449 e. The molecule has 1 aliphatic heterocycles. The molecule has 1 amide bonds. The Labute approximate surface area is 163 Å². The average Bonchev–Trinajstić information content (AvgIpc) is 3.09. The van der Waals surface area contributed by atoms with Gasteiger partial charge in [-0.3, -0.25) is 4.79 Å². The van der Waals surface area contributed by atoms with E-state index in [1.807, 2.05) is 0 Å². The lowest BCUT2D eigenvalue weighted by molar-refractivity contribution is -0.150. The summed E-state index contributed by atoms with van der Waals surface area (Å²) in [5.74, 6) is -1.03. The second-order valence-electron chi connectivity index (χ2n) is 6.24. The summed E-state index contributed by atoms with van der Waals surface area (Å²) in [4.78, 5) is 23.6. The second-order valence-corrected chi connectivity index (χ2v) is 8.82. The molecule has 0 bridgehead atoms. The van der Waals surface area contributed by atoms with Gasteiger partial charge in [0.05, 0.1) is 23.2 Å². The van der Waals surface area contributed by atoms with E-state index in [9.17, 15) is 18.0 Å². The van der Waals surface area contributed by atoms with Crippen molar-refractivity contribution in [1.82, 2.24) is 15.1 Å². The van der Waals surface area contributed by atoms with Crippen molar-refractivity contribution in [3.8, 4) is 0 Å². The molecule has 27 heavy (non-hydrogen) atoms. The first-order valence-electron chi connectivity index (χ1n) is 8.37. The molecule has 0 spiro atoms. The van der Waals surface area contributed by atoms with E-state index < -0.39 is 27.8 Å². The summed E-state index contributed by atoms with van der Waals surface area (Å²) in [5, 5.41) is 7.09. The molecule has 1 aromatic rings. The van der Waals surface area contributed by atoms with Gasteiger partial charge in [-0.2, -0.15) is 5.10 Å². The molecule has 1 fully saturated rings. The van der Waals surface area contributed by atoms with E-state index in [1.165, 1.54) is 23.8 Å². The molecular formula is C17H22ClN3O5S. The number of rotatable bonds is 7. The van der Waals surface area contributed by atoms with Crippen LogP contribution < -0.4 is 5.32 Å². The molecule has 0 saturated carbocycles. The second kappa shape index (κ2) is 8.71. The maximum absolute atomic E-state index is 11.9. The van der Waals surface area contributed by atoms with Crippen molar-refractivity contribution in [1.29, 1.82) is 0 Å². The van der Waals surface area contributed by atoms with Crippen LogP contribution in [0.3, 0.4) is 0 Å². The Morgan fingerprint density at radius 3 is 2.81 bits per heavy atom. The zero-order chi connectivity index (χ0) is 20.2. The van der Waals surface area contributed by atoms with Crippen molar-refractivity contribution in [2.24, 2.45) is 0 Å². The van der Waals surface area contributed by atoms with Gasteiger partial charge in [-0.25, -0.2) is 17.9 Å². The molecule has 1 N–H and O–H groups in total. The highest BCUT2D eigenvalue weighted by molar-refractivity contribution is 7.91. The number of sulfone groups is 1. The number of nitrogens with zero attached hydrogens (tertiary/aromatic N) is 2. The number of hydrogen-bond acceptors (Lipinski definition) is 6. The van der Waals surface area contributed by atoms with Gasteiger partial charge in [0.25, 0.3) is 5.91 Å². The molecule has 0 aromatic carbocycles. The van der Waals surface area contributed by atoms with Crippen LogP contribution >= 0.6 is 11.6 Å². The number of esters is 1. The maximum Gasteiger partial charge on any atom is 0.331 e. The van der Waals surface area contributed by atoms with Crippen molar-refractivity contribution >= 4 is 39.4 Å². The number of aryl methyl sites for hydroxylation is 1. The Morgan fingerprint density at radius 2 is 2.22 bits per heavy atom. The maximum atomic E-state index is 11.9. The molecular weight excluding hydrogens is 394 g/mol. The van der Waals surface area contributed by atoms with Gasteiger partial charge in [0.1, 0.15) is 5.15 Å². The Hall–Kier alpha value is -2.13. The summed E-state index contributed by atoms with van der Waals surface area (Å²) in [6, 6.07) is -0.316. The van der Waals surface area contributed by atoms with Gasteiger partial charge in [-0.1, -0.05) is 17.7 Å². The predicted molar refractivity (Wildman–Crippen MR) is 102 cm³/mol. The number of carbonyl (C=O) groups excluding carboxylic acids is 2. The van der Waals surface area contributed by atoms with Crippen LogP contribution in [0.25, 0.3) is 6.08 Å². The summed E-state index contributed by atoms with van der Waals surface area (Å²) in [7, 11) is -3.07. The van der Waals surface area contributed by atoms with Crippen LogP contribution in [0.1, 0.15) is 30.6 Å². The molecule has 1 aliphatic rings. The average molecular weight is 416 g/mol. The first kappa shape index (κ1) is 21.2. The van der Waals surface area contributed by atoms with Crippen molar-refractivity contribution in [3.63, 3.8) is 0 Å². The smallest absolute Gasteiger partial charge is 0.331 e. The van der Waals surface area contributed by atoms with Gasteiger partial charge in [-0.05, 0) is 26.3 Å². The first-order chi connectivity index (χ1) is 12.6. The fourth-order valence-corrected chi connectivity index (χ4v) is 4.73. The molecule has 1 saturated heterocycles. The molecule has 0 radical (unpaired) electrons. The van der Waals surface area contributed by atoms with E-state index >= 15 is 0 Å². The predicted octanol–water partition coefficient (Wildman–Crippen LogP) is 1.45. The van der Waals surface area contributed by atoms with Gasteiger partial charge < -0.3 is 10.1 Å². The number of amides is 1. The van der Waals surface area contributed by atoms with E-state index in [-0.39, 0.29) is 29.2 Å². The minimum atomic E-state index is -3.07. The van der Waals surface area contributed by atoms with Crippen LogP contribution in [-0.4, -0.2) is 54.2 Å². The lowest BCUT2D eigenvalue weighted by Crippen LogP contribution is -2.35. The molecule has 1 aromatic heterocycles. The normalized spacial score (nSPS) is 19.7. The number of halogens is 1. The molecule has 2 atom stereocenters. The number of nitrogens with one attached hydrogen (secondary N) is 1. The van der Waals surface area contributed by atoms with Crippen LogP contribution in [0.2, 0.25) is 5.15 Å². The molecule has 10 heteroatoms. The zero-order valence-electron chi connectivity index (χ0n) is 15.1. The Morgan fingerprint density at radius 1 is 1.52 bits per heavy atom. The fourth-order valence-electron chi connectivity index (χ4n) is 2.67. The van der Waals surface area contributed by atoms with E-state index in [0.29, 0.717) is 17.7 Å². The van der Waals surface area contributed by atoms with Crippen molar-refractivity contribution in [3.05, 3.63) is 35.1 Å². The molecule has 8 nitrogen and oxygen atoms in total. The fraction of sp³-hybridized carbons (Fsp3) is 0.471. The van der Waals surface area contributed by atoms with Gasteiger partial charge in [0.2, 0.25) is 0 Å². The van der Waals surface area contributed by atoms with Gasteiger partial charge in [-0.15, -0.1) is 6.58 Å². The quantitative estimate of drug-likeness (QED) is 0.410. The topological polar surface area (TPSA) is 107 Å². The third-order valence-electron chi connectivity index (χ3n) is 4.09. The van der Waals surface area contributed by atoms with E-state index in [2.05, 4.69) is 17.0 Å². The van der Waals surface area contributed by atoms with E-state index in [4.69, 9.17) is 16.3 Å². The molecule has 148 valence electrons. The third kappa shape index (κ3) is 5.43. The van der Waals surface area contributed by atoms with Gasteiger partial charge in [0, 0.05) is 18.2 Å². The lowest BCUT2D eigenvalue weighted by Gasteiger charge is -2.11. The summed E-state index contributed by atoms with van der Waals surface area (Å²) in [6.07, 6.45) is 3.62. The van der Waals surface area contributed by atoms with Gasteiger partial charge >= 0.3 is 5.97 Å². The standard InChI is InChI=1S/C17H22ClN3O5S/c1-4-8-19-17(23)12(3)26-15(22)6-5-14-11(2)20-21(16(14)18)13-7-9-27(24,25)10-13/h4-6,12-13H,1,7-10H2,2-3H3,(H,19,23)/b6-5+/t12-,13-/m0/s1. The van der Waals surface area contributed by atoms with E-state index in [1.54, 1.807) is 6.92 Å². The van der Waals surface area contributed by atoms with E-state index in [0.717, 1.165) is 6.08 Å². The van der Waals surface area contributed by atoms with Crippen LogP contribution in [0.5, 0.6) is 0 Å². The first-order valence-corrected chi connectivity index (χ1v) is 10.6. The zero-order valence-corrected chi connectivity index (χ0v) is 16.7. The minimum absolute atomic E-state index is 0.00360. The summed E-state index contributed by atoms with van der Waals surface area (Å²) in [6.45, 7) is 6.93. The highest BCUT2D eigenvalue weighted by Crippen LogP contribution is 2.30. The highest BCUT2D eigenvalue weighted by atomic mass is 35.5. The van der Waals surface area contributed by atoms with Gasteiger partial charge in [0.15, 0.2) is 15.9 Å². The summed E-state index contributed by atoms with van der Waals surface area (Å²) >= 11 is 6.33. The molecule has 0 aliphatic carbocycles. The summed E-state index contributed by atoms with van der Waals surface area (Å²) in [5.41, 5.74) is 1.06. The number of aromatic nitrogens is 2. The highest BCUT2D eigenvalue weighted by Gasteiger charge is 2.31. The lowest BCUT2D eigenvalue weighted by atomic mass is 10.2. The number of hydrogen-bond donors (Lipinski definition) is 1.